The number of pyridine rings is 1. The number of hydrogen-bond donors (Lipinski definition) is 1. The third-order valence-electron chi connectivity index (χ3n) is 4.43. The van der Waals surface area contributed by atoms with Crippen LogP contribution in [-0.2, 0) is 4.79 Å². The van der Waals surface area contributed by atoms with Crippen molar-refractivity contribution in [3.05, 3.63) is 40.5 Å². The lowest BCUT2D eigenvalue weighted by molar-refractivity contribution is -0.138. The van der Waals surface area contributed by atoms with Gasteiger partial charge in [-0.05, 0) is 44.4 Å². The number of rotatable bonds is 3. The summed E-state index contributed by atoms with van der Waals surface area (Å²) in [6.07, 6.45) is 2.50. The van der Waals surface area contributed by atoms with Gasteiger partial charge in [-0.15, -0.1) is 0 Å². The largest absolute Gasteiger partial charge is 0.481 e. The molecule has 0 radical (unpaired) electrons. The van der Waals surface area contributed by atoms with E-state index in [-0.39, 0.29) is 18.4 Å². The Bertz CT molecular complexity index is 806. The van der Waals surface area contributed by atoms with Crippen molar-refractivity contribution >= 4 is 34.4 Å². The summed E-state index contributed by atoms with van der Waals surface area (Å²) in [5.74, 6) is -1.07. The smallest absolute Gasteiger partial charge is 0.305 e. The standard InChI is InChI=1S/C18H19ClN2O3/c1-11-5-6-12-8-13(19)9-15(17(12)20-11)18(24)21-7-3-2-4-14(21)10-16(22)23/h5-6,8-9,14H,2-4,7,10H2,1H3,(H,22,23). The van der Waals surface area contributed by atoms with Crippen molar-refractivity contribution in [1.29, 1.82) is 0 Å². The quantitative estimate of drug-likeness (QED) is 0.920. The van der Waals surface area contributed by atoms with Gasteiger partial charge in [0.2, 0.25) is 0 Å². The minimum Gasteiger partial charge on any atom is -0.481 e. The van der Waals surface area contributed by atoms with Crippen LogP contribution in [0.15, 0.2) is 24.3 Å². The molecular weight excluding hydrogens is 328 g/mol. The van der Waals surface area contributed by atoms with E-state index in [1.165, 1.54) is 0 Å². The number of piperidine rings is 1. The van der Waals surface area contributed by atoms with Gasteiger partial charge in [-0.1, -0.05) is 17.7 Å². The molecule has 24 heavy (non-hydrogen) atoms. The first-order valence-electron chi connectivity index (χ1n) is 8.05. The number of carboxylic acid groups (broad SMARTS) is 1. The van der Waals surface area contributed by atoms with Crippen molar-refractivity contribution in [1.82, 2.24) is 9.88 Å². The average molecular weight is 347 g/mol. The summed E-state index contributed by atoms with van der Waals surface area (Å²) in [6.45, 7) is 2.44. The van der Waals surface area contributed by atoms with E-state index in [1.807, 2.05) is 19.1 Å². The zero-order valence-electron chi connectivity index (χ0n) is 13.5. The molecule has 1 atom stereocenters. The highest BCUT2D eigenvalue weighted by Gasteiger charge is 2.30. The monoisotopic (exact) mass is 346 g/mol. The van der Waals surface area contributed by atoms with E-state index in [4.69, 9.17) is 16.7 Å². The van der Waals surface area contributed by atoms with E-state index in [0.29, 0.717) is 29.1 Å². The Labute approximate surface area is 145 Å². The van der Waals surface area contributed by atoms with Gasteiger partial charge in [-0.3, -0.25) is 14.6 Å². The van der Waals surface area contributed by atoms with Gasteiger partial charge in [-0.25, -0.2) is 0 Å². The number of aliphatic carboxylic acids is 1. The number of aromatic nitrogens is 1. The number of carbonyl (C=O) groups excluding carboxylic acids is 1. The van der Waals surface area contributed by atoms with Gasteiger partial charge in [0, 0.05) is 28.7 Å². The molecule has 1 aromatic carbocycles. The fraction of sp³-hybridized carbons (Fsp3) is 0.389. The maximum absolute atomic E-state index is 13.1. The predicted octanol–water partition coefficient (Wildman–Crippen LogP) is 3.67. The third kappa shape index (κ3) is 3.36. The molecule has 2 aromatic rings. The molecule has 1 aliphatic rings. The van der Waals surface area contributed by atoms with Crippen molar-refractivity contribution in [3.8, 4) is 0 Å². The Balaban J connectivity index is 2.03. The highest BCUT2D eigenvalue weighted by molar-refractivity contribution is 6.32. The maximum Gasteiger partial charge on any atom is 0.305 e. The third-order valence-corrected chi connectivity index (χ3v) is 4.64. The zero-order chi connectivity index (χ0) is 17.3. The van der Waals surface area contributed by atoms with Crippen molar-refractivity contribution in [3.63, 3.8) is 0 Å². The second-order valence-electron chi connectivity index (χ2n) is 6.22. The summed E-state index contributed by atoms with van der Waals surface area (Å²) in [7, 11) is 0. The first-order valence-corrected chi connectivity index (χ1v) is 8.43. The number of amides is 1. The average Bonchev–Trinajstić information content (AvgIpc) is 2.54. The van der Waals surface area contributed by atoms with Crippen molar-refractivity contribution in [2.24, 2.45) is 0 Å². The molecule has 1 aliphatic heterocycles. The van der Waals surface area contributed by atoms with Crippen LogP contribution in [0.1, 0.15) is 41.7 Å². The molecule has 1 unspecified atom stereocenters. The molecule has 0 bridgehead atoms. The number of aryl methyl sites for hydroxylation is 1. The highest BCUT2D eigenvalue weighted by atomic mass is 35.5. The van der Waals surface area contributed by atoms with Crippen LogP contribution in [0.5, 0.6) is 0 Å². The van der Waals surface area contributed by atoms with E-state index in [0.717, 1.165) is 23.9 Å². The van der Waals surface area contributed by atoms with Crippen molar-refractivity contribution in [2.75, 3.05) is 6.54 Å². The number of likely N-dealkylation sites (tertiary alicyclic amines) is 1. The molecule has 5 nitrogen and oxygen atoms in total. The fourth-order valence-electron chi connectivity index (χ4n) is 3.30. The number of carbonyl (C=O) groups is 2. The summed E-state index contributed by atoms with van der Waals surface area (Å²) in [5.41, 5.74) is 1.88. The van der Waals surface area contributed by atoms with E-state index < -0.39 is 5.97 Å². The lowest BCUT2D eigenvalue weighted by Crippen LogP contribution is -2.44. The Kier molecular flexibility index (Phi) is 4.71. The molecule has 1 amide bonds. The van der Waals surface area contributed by atoms with Gasteiger partial charge in [0.15, 0.2) is 0 Å². The predicted molar refractivity (Wildman–Crippen MR) is 92.4 cm³/mol. The molecule has 1 fully saturated rings. The summed E-state index contributed by atoms with van der Waals surface area (Å²) in [5, 5.41) is 10.4. The maximum atomic E-state index is 13.1. The van der Waals surface area contributed by atoms with E-state index in [2.05, 4.69) is 4.98 Å². The van der Waals surface area contributed by atoms with Crippen LogP contribution in [0.3, 0.4) is 0 Å². The minimum atomic E-state index is -0.885. The molecule has 1 N–H and O–H groups in total. The SMILES string of the molecule is Cc1ccc2cc(Cl)cc(C(=O)N3CCCCC3CC(=O)O)c2n1. The lowest BCUT2D eigenvalue weighted by atomic mass is 9.97. The van der Waals surface area contributed by atoms with Gasteiger partial charge in [0.25, 0.3) is 5.91 Å². The molecule has 6 heteroatoms. The van der Waals surface area contributed by atoms with Gasteiger partial charge >= 0.3 is 5.97 Å². The van der Waals surface area contributed by atoms with Gasteiger partial charge < -0.3 is 10.0 Å². The zero-order valence-corrected chi connectivity index (χ0v) is 14.2. The van der Waals surface area contributed by atoms with E-state index in [9.17, 15) is 9.59 Å². The molecule has 3 rings (SSSR count). The van der Waals surface area contributed by atoms with Crippen LogP contribution in [0, 0.1) is 6.92 Å². The Hall–Kier alpha value is -2.14. The number of hydrogen-bond acceptors (Lipinski definition) is 3. The Morgan fingerprint density at radius 2 is 2.12 bits per heavy atom. The molecule has 0 spiro atoms. The molecule has 1 saturated heterocycles. The van der Waals surface area contributed by atoms with Crippen LogP contribution in [-0.4, -0.2) is 39.5 Å². The minimum absolute atomic E-state index is 0.0311. The summed E-state index contributed by atoms with van der Waals surface area (Å²) < 4.78 is 0. The molecule has 0 saturated carbocycles. The number of carboxylic acids is 1. The van der Waals surface area contributed by atoms with Crippen LogP contribution >= 0.6 is 11.6 Å². The second-order valence-corrected chi connectivity index (χ2v) is 6.66. The van der Waals surface area contributed by atoms with Crippen LogP contribution in [0.4, 0.5) is 0 Å². The normalized spacial score (nSPS) is 17.9. The van der Waals surface area contributed by atoms with Gasteiger partial charge in [0.1, 0.15) is 0 Å². The Morgan fingerprint density at radius 3 is 2.88 bits per heavy atom. The van der Waals surface area contributed by atoms with Crippen molar-refractivity contribution < 1.29 is 14.7 Å². The second kappa shape index (κ2) is 6.77. The van der Waals surface area contributed by atoms with Crippen LogP contribution in [0.25, 0.3) is 10.9 Å². The number of halogens is 1. The van der Waals surface area contributed by atoms with Gasteiger partial charge in [0.05, 0.1) is 17.5 Å². The number of benzene rings is 1. The van der Waals surface area contributed by atoms with Crippen LogP contribution < -0.4 is 0 Å². The first kappa shape index (κ1) is 16.7. The topological polar surface area (TPSA) is 70.5 Å². The lowest BCUT2D eigenvalue weighted by Gasteiger charge is -2.35. The van der Waals surface area contributed by atoms with Crippen LogP contribution in [0.2, 0.25) is 5.02 Å². The molecule has 0 aliphatic carbocycles. The number of fused-ring (bicyclic) bond motifs is 1. The first-order chi connectivity index (χ1) is 11.5. The van der Waals surface area contributed by atoms with Gasteiger partial charge in [-0.2, -0.15) is 0 Å². The summed E-state index contributed by atoms with van der Waals surface area (Å²) >= 11 is 6.17. The highest BCUT2D eigenvalue weighted by Crippen LogP contribution is 2.27. The summed E-state index contributed by atoms with van der Waals surface area (Å²) in [6, 6.07) is 6.91. The molecule has 126 valence electrons. The Morgan fingerprint density at radius 1 is 1.33 bits per heavy atom. The molecule has 1 aromatic heterocycles. The van der Waals surface area contributed by atoms with Crippen molar-refractivity contribution in [2.45, 2.75) is 38.6 Å². The van der Waals surface area contributed by atoms with E-state index >= 15 is 0 Å². The fourth-order valence-corrected chi connectivity index (χ4v) is 3.52. The molecule has 2 heterocycles. The summed E-state index contributed by atoms with van der Waals surface area (Å²) in [4.78, 5) is 30.4. The molecular formula is C18H19ClN2O3. The number of nitrogens with zero attached hydrogens (tertiary/aromatic N) is 2. The van der Waals surface area contributed by atoms with E-state index in [1.54, 1.807) is 17.0 Å².